The van der Waals surface area contributed by atoms with Crippen LogP contribution in [-0.4, -0.2) is 21.5 Å². The molecule has 0 atom stereocenters. The average molecular weight is 269 g/mol. The van der Waals surface area contributed by atoms with E-state index < -0.39 is 10.2 Å². The number of rotatable bonds is 5. The number of hydrogen-bond acceptors (Lipinski definition) is 3. The predicted octanol–water partition coefficient (Wildman–Crippen LogP) is 1.70. The highest BCUT2D eigenvalue weighted by Gasteiger charge is 2.12. The number of fused-ring (bicyclic) bond motifs is 1. The van der Waals surface area contributed by atoms with Gasteiger partial charge in [-0.25, -0.2) is 0 Å². The molecule has 0 fully saturated rings. The Morgan fingerprint density at radius 3 is 3.00 bits per heavy atom. The Labute approximate surface area is 108 Å². The Balaban J connectivity index is 2.10. The summed E-state index contributed by atoms with van der Waals surface area (Å²) in [5, 5.41) is 3.28. The Kier molecular flexibility index (Phi) is 4.08. The SMILES string of the molecule is CCCNS(=O)(=O)Nc1ccc2c(c1)NCCC2. The van der Waals surface area contributed by atoms with Crippen molar-refractivity contribution >= 4 is 21.6 Å². The van der Waals surface area contributed by atoms with E-state index in [2.05, 4.69) is 14.8 Å². The van der Waals surface area contributed by atoms with E-state index in [0.717, 1.165) is 31.5 Å². The molecule has 2 rings (SSSR count). The first-order chi connectivity index (χ1) is 8.61. The van der Waals surface area contributed by atoms with Crippen molar-refractivity contribution in [1.29, 1.82) is 0 Å². The number of nitrogens with one attached hydrogen (secondary N) is 3. The number of anilines is 2. The molecule has 0 aliphatic carbocycles. The smallest absolute Gasteiger partial charge is 0.299 e. The zero-order valence-electron chi connectivity index (χ0n) is 10.5. The molecule has 0 saturated heterocycles. The first-order valence-corrected chi connectivity index (χ1v) is 7.73. The van der Waals surface area contributed by atoms with E-state index in [0.29, 0.717) is 12.2 Å². The second-order valence-electron chi connectivity index (χ2n) is 4.40. The molecule has 0 bridgehead atoms. The molecule has 1 aromatic carbocycles. The van der Waals surface area contributed by atoms with Crippen molar-refractivity contribution in [3.05, 3.63) is 23.8 Å². The lowest BCUT2D eigenvalue weighted by Crippen LogP contribution is -2.30. The summed E-state index contributed by atoms with van der Waals surface area (Å²) >= 11 is 0. The van der Waals surface area contributed by atoms with Gasteiger partial charge in [0.2, 0.25) is 0 Å². The maximum Gasteiger partial charge on any atom is 0.299 e. The molecule has 0 radical (unpaired) electrons. The number of aryl methyl sites for hydroxylation is 1. The second kappa shape index (κ2) is 5.58. The second-order valence-corrected chi connectivity index (χ2v) is 5.90. The van der Waals surface area contributed by atoms with Crippen LogP contribution in [0.2, 0.25) is 0 Å². The van der Waals surface area contributed by atoms with Crippen molar-refractivity contribution in [3.63, 3.8) is 0 Å². The quantitative estimate of drug-likeness (QED) is 0.762. The van der Waals surface area contributed by atoms with Crippen LogP contribution in [0.25, 0.3) is 0 Å². The van der Waals surface area contributed by atoms with Crippen molar-refractivity contribution < 1.29 is 8.42 Å². The summed E-state index contributed by atoms with van der Waals surface area (Å²) < 4.78 is 28.4. The lowest BCUT2D eigenvalue weighted by Gasteiger charge is -2.19. The van der Waals surface area contributed by atoms with Gasteiger partial charge in [-0.2, -0.15) is 13.1 Å². The molecule has 0 unspecified atom stereocenters. The van der Waals surface area contributed by atoms with Gasteiger partial charge in [-0.1, -0.05) is 13.0 Å². The van der Waals surface area contributed by atoms with Gasteiger partial charge in [0.15, 0.2) is 0 Å². The number of hydrogen-bond donors (Lipinski definition) is 3. The molecular formula is C12H19N3O2S. The van der Waals surface area contributed by atoms with E-state index in [1.54, 1.807) is 6.07 Å². The van der Waals surface area contributed by atoms with Crippen molar-refractivity contribution in [2.75, 3.05) is 23.1 Å². The summed E-state index contributed by atoms with van der Waals surface area (Å²) in [4.78, 5) is 0. The molecule has 3 N–H and O–H groups in total. The first kappa shape index (κ1) is 13.2. The fraction of sp³-hybridized carbons (Fsp3) is 0.500. The van der Waals surface area contributed by atoms with Gasteiger partial charge >= 0.3 is 0 Å². The minimum absolute atomic E-state index is 0.443. The van der Waals surface area contributed by atoms with Crippen LogP contribution in [0.3, 0.4) is 0 Å². The van der Waals surface area contributed by atoms with Gasteiger partial charge in [-0.05, 0) is 37.0 Å². The molecule has 0 amide bonds. The molecule has 18 heavy (non-hydrogen) atoms. The molecule has 6 heteroatoms. The average Bonchev–Trinajstić information content (AvgIpc) is 2.36. The predicted molar refractivity (Wildman–Crippen MR) is 74.1 cm³/mol. The summed E-state index contributed by atoms with van der Waals surface area (Å²) in [5.41, 5.74) is 2.86. The Bertz CT molecular complexity index is 514. The van der Waals surface area contributed by atoms with Crippen molar-refractivity contribution in [1.82, 2.24) is 4.72 Å². The lowest BCUT2D eigenvalue weighted by molar-refractivity contribution is 0.586. The molecule has 0 saturated carbocycles. The highest BCUT2D eigenvalue weighted by molar-refractivity contribution is 7.90. The van der Waals surface area contributed by atoms with Crippen molar-refractivity contribution in [3.8, 4) is 0 Å². The van der Waals surface area contributed by atoms with Gasteiger partial charge in [0, 0.05) is 18.8 Å². The van der Waals surface area contributed by atoms with Gasteiger partial charge in [0.05, 0.1) is 5.69 Å². The normalized spacial score (nSPS) is 14.7. The summed E-state index contributed by atoms with van der Waals surface area (Å²) in [5.74, 6) is 0. The summed E-state index contributed by atoms with van der Waals surface area (Å²) in [6.07, 6.45) is 2.94. The van der Waals surface area contributed by atoms with Crippen LogP contribution in [0.4, 0.5) is 11.4 Å². The lowest BCUT2D eigenvalue weighted by atomic mass is 10.0. The zero-order valence-corrected chi connectivity index (χ0v) is 11.3. The molecule has 5 nitrogen and oxygen atoms in total. The molecule has 0 spiro atoms. The molecule has 1 heterocycles. The minimum atomic E-state index is -3.45. The maximum atomic E-state index is 11.7. The highest BCUT2D eigenvalue weighted by atomic mass is 32.2. The first-order valence-electron chi connectivity index (χ1n) is 6.25. The largest absolute Gasteiger partial charge is 0.385 e. The standard InChI is InChI=1S/C12H19N3O2S/c1-2-7-14-18(16,17)15-11-6-5-10-4-3-8-13-12(10)9-11/h5-6,9,13-15H,2-4,7-8H2,1H3. The van der Waals surface area contributed by atoms with E-state index in [1.165, 1.54) is 5.56 Å². The summed E-state index contributed by atoms with van der Waals surface area (Å²) in [6, 6.07) is 5.62. The van der Waals surface area contributed by atoms with E-state index in [4.69, 9.17) is 0 Å². The van der Waals surface area contributed by atoms with Crippen molar-refractivity contribution in [2.45, 2.75) is 26.2 Å². The van der Waals surface area contributed by atoms with Crippen molar-refractivity contribution in [2.24, 2.45) is 0 Å². The highest BCUT2D eigenvalue weighted by Crippen LogP contribution is 2.25. The molecule has 0 aromatic heterocycles. The van der Waals surface area contributed by atoms with E-state index in [-0.39, 0.29) is 0 Å². The van der Waals surface area contributed by atoms with Gasteiger partial charge < -0.3 is 5.32 Å². The van der Waals surface area contributed by atoms with E-state index >= 15 is 0 Å². The molecule has 1 aliphatic heterocycles. The van der Waals surface area contributed by atoms with Gasteiger partial charge in [-0.3, -0.25) is 4.72 Å². The van der Waals surface area contributed by atoms with Crippen LogP contribution in [0, 0.1) is 0 Å². The van der Waals surface area contributed by atoms with Gasteiger partial charge in [0.25, 0.3) is 10.2 Å². The Hall–Kier alpha value is -1.27. The van der Waals surface area contributed by atoms with Gasteiger partial charge in [-0.15, -0.1) is 0 Å². The summed E-state index contributed by atoms with van der Waals surface area (Å²) in [7, 11) is -3.45. The monoisotopic (exact) mass is 269 g/mol. The molecule has 1 aromatic rings. The number of benzene rings is 1. The Morgan fingerprint density at radius 1 is 1.39 bits per heavy atom. The third-order valence-corrected chi connectivity index (χ3v) is 3.93. The van der Waals surface area contributed by atoms with Crippen LogP contribution in [0.5, 0.6) is 0 Å². The maximum absolute atomic E-state index is 11.7. The van der Waals surface area contributed by atoms with E-state index in [1.807, 2.05) is 19.1 Å². The van der Waals surface area contributed by atoms with E-state index in [9.17, 15) is 8.42 Å². The van der Waals surface area contributed by atoms with Crippen LogP contribution in [0.1, 0.15) is 25.3 Å². The molecular weight excluding hydrogens is 250 g/mol. The summed E-state index contributed by atoms with van der Waals surface area (Å²) in [6.45, 7) is 3.31. The van der Waals surface area contributed by atoms with Crippen LogP contribution in [-0.2, 0) is 16.6 Å². The van der Waals surface area contributed by atoms with Crippen LogP contribution >= 0.6 is 0 Å². The zero-order chi connectivity index (χ0) is 13.0. The third kappa shape index (κ3) is 3.36. The fourth-order valence-corrected chi connectivity index (χ4v) is 2.93. The Morgan fingerprint density at radius 2 is 2.22 bits per heavy atom. The fourth-order valence-electron chi connectivity index (χ4n) is 1.95. The van der Waals surface area contributed by atoms with Crippen LogP contribution in [0.15, 0.2) is 18.2 Å². The topological polar surface area (TPSA) is 70.2 Å². The van der Waals surface area contributed by atoms with Gasteiger partial charge in [0.1, 0.15) is 0 Å². The third-order valence-electron chi connectivity index (χ3n) is 2.84. The van der Waals surface area contributed by atoms with Crippen LogP contribution < -0.4 is 14.8 Å². The molecule has 1 aliphatic rings. The minimum Gasteiger partial charge on any atom is -0.385 e. The molecule has 100 valence electrons.